The zero-order valence-corrected chi connectivity index (χ0v) is 23.6. The third-order valence-corrected chi connectivity index (χ3v) is 8.61. The van der Waals surface area contributed by atoms with E-state index in [1.54, 1.807) is 21.5 Å². The lowest BCUT2D eigenvalue weighted by Crippen LogP contribution is -2.40. The predicted octanol–water partition coefficient (Wildman–Crippen LogP) is 5.74. The van der Waals surface area contributed by atoms with E-state index in [0.717, 1.165) is 6.29 Å². The molecule has 1 aromatic carbocycles. The largest absolute Gasteiger partial charge is 0.353 e. The number of benzene rings is 1. The number of amides is 1. The van der Waals surface area contributed by atoms with Crippen LogP contribution in [0.2, 0.25) is 5.02 Å². The molecule has 2 aromatic heterocycles. The first-order valence-electron chi connectivity index (χ1n) is 13.5. The maximum Gasteiger partial charge on any atom is 0.274 e. The molecule has 0 spiro atoms. The van der Waals surface area contributed by atoms with Gasteiger partial charge < -0.3 is 14.6 Å². The number of anilines is 1. The number of fused-ring (bicyclic) bond motifs is 2. The summed E-state index contributed by atoms with van der Waals surface area (Å²) < 4.78 is 30.5. The number of carbonyl (C=O) groups is 2. The standard InChI is InChI=1S/C29H34ClF2N5O2/c1-15(2)12-36(17(5)16(3)4)27-11-24(18-8-22(31)28(30)23(32)9-18)33-26-10-25(34-37(26)27)29(39)35-13-20-19(6-7-38)21(20)14-35/h7-11,15-17,19-21H,6,12-14H2,1-5H3/t17-,19-,20-,21+/m1/s1. The fourth-order valence-electron chi connectivity index (χ4n) is 5.78. The second-order valence-corrected chi connectivity index (χ2v) is 12.1. The molecule has 1 saturated carbocycles. The van der Waals surface area contributed by atoms with E-state index < -0.39 is 16.7 Å². The van der Waals surface area contributed by atoms with Gasteiger partial charge in [0.25, 0.3) is 5.91 Å². The normalized spacial score (nSPS) is 21.1. The van der Waals surface area contributed by atoms with E-state index in [4.69, 9.17) is 16.7 Å². The fraction of sp³-hybridized carbons (Fsp3) is 0.517. The van der Waals surface area contributed by atoms with E-state index >= 15 is 0 Å². The highest BCUT2D eigenvalue weighted by Gasteiger charge is 2.56. The Morgan fingerprint density at radius 3 is 2.31 bits per heavy atom. The topological polar surface area (TPSA) is 70.8 Å². The fourth-order valence-corrected chi connectivity index (χ4v) is 5.89. The zero-order valence-electron chi connectivity index (χ0n) is 22.9. The average Bonchev–Trinajstić information content (AvgIpc) is 3.23. The molecule has 1 amide bonds. The van der Waals surface area contributed by atoms with Crippen molar-refractivity contribution in [3.05, 3.63) is 46.6 Å². The van der Waals surface area contributed by atoms with Gasteiger partial charge in [0, 0.05) is 49.8 Å². The number of piperidine rings is 1. The van der Waals surface area contributed by atoms with E-state index in [-0.39, 0.29) is 23.2 Å². The highest BCUT2D eigenvalue weighted by molar-refractivity contribution is 6.31. The van der Waals surface area contributed by atoms with E-state index in [1.165, 1.54) is 12.1 Å². The molecule has 1 aliphatic carbocycles. The maximum absolute atomic E-state index is 14.4. The number of aromatic nitrogens is 3. The third-order valence-electron chi connectivity index (χ3n) is 8.25. The Balaban J connectivity index is 1.59. The summed E-state index contributed by atoms with van der Waals surface area (Å²) in [6.07, 6.45) is 1.51. The zero-order chi connectivity index (χ0) is 28.2. The van der Waals surface area contributed by atoms with Crippen LogP contribution in [0.4, 0.5) is 14.6 Å². The van der Waals surface area contributed by atoms with Crippen molar-refractivity contribution < 1.29 is 18.4 Å². The Kier molecular flexibility index (Phi) is 7.39. The second kappa shape index (κ2) is 10.5. The van der Waals surface area contributed by atoms with Crippen molar-refractivity contribution in [1.29, 1.82) is 0 Å². The van der Waals surface area contributed by atoms with Crippen molar-refractivity contribution in [2.75, 3.05) is 24.5 Å². The van der Waals surface area contributed by atoms with Crippen LogP contribution in [-0.4, -0.2) is 57.4 Å². The molecule has 10 heteroatoms. The van der Waals surface area contributed by atoms with Crippen molar-refractivity contribution in [1.82, 2.24) is 19.5 Å². The Morgan fingerprint density at radius 2 is 1.74 bits per heavy atom. The molecular weight excluding hydrogens is 524 g/mol. The van der Waals surface area contributed by atoms with Crippen LogP contribution >= 0.6 is 11.6 Å². The summed E-state index contributed by atoms with van der Waals surface area (Å²) in [6, 6.07) is 5.85. The second-order valence-electron chi connectivity index (χ2n) is 11.7. The Labute approximate surface area is 232 Å². The number of carbonyl (C=O) groups excluding carboxylic acids is 2. The molecule has 3 aromatic rings. The Hall–Kier alpha value is -3.07. The summed E-state index contributed by atoms with van der Waals surface area (Å²) in [5, 5.41) is 4.14. The van der Waals surface area contributed by atoms with Gasteiger partial charge >= 0.3 is 0 Å². The molecule has 0 unspecified atom stereocenters. The first-order valence-corrected chi connectivity index (χ1v) is 13.9. The summed E-state index contributed by atoms with van der Waals surface area (Å²) in [7, 11) is 0. The number of aldehydes is 1. The van der Waals surface area contributed by atoms with Crippen molar-refractivity contribution in [2.24, 2.45) is 29.6 Å². The monoisotopic (exact) mass is 557 g/mol. The van der Waals surface area contributed by atoms with Crippen LogP contribution in [0.3, 0.4) is 0 Å². The van der Waals surface area contributed by atoms with Crippen molar-refractivity contribution >= 4 is 35.3 Å². The van der Waals surface area contributed by atoms with Crippen molar-refractivity contribution in [2.45, 2.75) is 47.1 Å². The molecule has 5 rings (SSSR count). The van der Waals surface area contributed by atoms with Crippen LogP contribution in [0.5, 0.6) is 0 Å². The summed E-state index contributed by atoms with van der Waals surface area (Å²) in [5.74, 6) is 0.522. The summed E-state index contributed by atoms with van der Waals surface area (Å²) >= 11 is 5.74. The molecule has 2 aliphatic rings. The average molecular weight is 558 g/mol. The van der Waals surface area contributed by atoms with Gasteiger partial charge in [-0.1, -0.05) is 39.3 Å². The van der Waals surface area contributed by atoms with Crippen LogP contribution < -0.4 is 4.90 Å². The number of likely N-dealkylation sites (tertiary alicyclic amines) is 1. The molecule has 0 radical (unpaired) electrons. The number of rotatable bonds is 9. The van der Waals surface area contributed by atoms with Crippen molar-refractivity contribution in [3.63, 3.8) is 0 Å². The van der Waals surface area contributed by atoms with Gasteiger partial charge in [-0.25, -0.2) is 13.8 Å². The van der Waals surface area contributed by atoms with Gasteiger partial charge in [-0.15, -0.1) is 0 Å². The van der Waals surface area contributed by atoms with Crippen LogP contribution in [0.1, 0.15) is 51.5 Å². The minimum Gasteiger partial charge on any atom is -0.353 e. The Morgan fingerprint density at radius 1 is 1.10 bits per heavy atom. The minimum atomic E-state index is -0.866. The smallest absolute Gasteiger partial charge is 0.274 e. The van der Waals surface area contributed by atoms with E-state index in [9.17, 15) is 18.4 Å². The van der Waals surface area contributed by atoms with Gasteiger partial charge in [0.15, 0.2) is 11.3 Å². The minimum absolute atomic E-state index is 0.105. The van der Waals surface area contributed by atoms with Gasteiger partial charge in [-0.3, -0.25) is 4.79 Å². The summed E-state index contributed by atoms with van der Waals surface area (Å²) in [5.41, 5.74) is 1.28. The molecule has 4 atom stereocenters. The van der Waals surface area contributed by atoms with Gasteiger partial charge in [-0.2, -0.15) is 9.61 Å². The highest BCUT2D eigenvalue weighted by atomic mass is 35.5. The quantitative estimate of drug-likeness (QED) is 0.248. The molecule has 39 heavy (non-hydrogen) atoms. The molecule has 2 fully saturated rings. The lowest BCUT2D eigenvalue weighted by atomic mass is 10.0. The van der Waals surface area contributed by atoms with E-state index in [0.29, 0.717) is 72.8 Å². The van der Waals surface area contributed by atoms with E-state index in [1.807, 2.05) is 0 Å². The highest BCUT2D eigenvalue weighted by Crippen LogP contribution is 2.53. The first kappa shape index (κ1) is 27.5. The first-order chi connectivity index (χ1) is 18.5. The third kappa shape index (κ3) is 5.13. The number of hydrogen-bond donors (Lipinski definition) is 0. The molecule has 0 bridgehead atoms. The van der Waals surface area contributed by atoms with Gasteiger partial charge in [-0.05, 0) is 48.6 Å². The molecule has 3 heterocycles. The number of hydrogen-bond acceptors (Lipinski definition) is 5. The predicted molar refractivity (Wildman–Crippen MR) is 147 cm³/mol. The van der Waals surface area contributed by atoms with Crippen LogP contribution in [0, 0.1) is 41.2 Å². The molecule has 208 valence electrons. The summed E-state index contributed by atoms with van der Waals surface area (Å²) in [4.78, 5) is 33.0. The van der Waals surface area contributed by atoms with Crippen molar-refractivity contribution in [3.8, 4) is 11.3 Å². The molecular formula is C29H34ClF2N5O2. The lowest BCUT2D eigenvalue weighted by Gasteiger charge is -2.35. The van der Waals surface area contributed by atoms with Crippen LogP contribution in [0.15, 0.2) is 24.3 Å². The van der Waals surface area contributed by atoms with Gasteiger partial charge in [0.2, 0.25) is 0 Å². The van der Waals surface area contributed by atoms with E-state index in [2.05, 4.69) is 44.5 Å². The summed E-state index contributed by atoms with van der Waals surface area (Å²) in [6.45, 7) is 12.6. The van der Waals surface area contributed by atoms with Crippen LogP contribution in [0.25, 0.3) is 16.9 Å². The SMILES string of the molecule is CC(C)CN(c1cc(-c2cc(F)c(Cl)c(F)c2)nc2cc(C(=O)N3C[C@@H]4[C@@H](CC=O)[C@@H]4C3)nn12)[C@H](C)C(C)C. The Bertz CT molecular complexity index is 1390. The molecule has 0 N–H and O–H groups in total. The maximum atomic E-state index is 14.4. The molecule has 1 saturated heterocycles. The van der Waals surface area contributed by atoms with Gasteiger partial charge in [0.05, 0.1) is 5.69 Å². The van der Waals surface area contributed by atoms with Crippen LogP contribution in [-0.2, 0) is 4.79 Å². The number of halogens is 3. The van der Waals surface area contributed by atoms with Gasteiger partial charge in [0.1, 0.15) is 28.8 Å². The lowest BCUT2D eigenvalue weighted by molar-refractivity contribution is -0.108. The molecule has 1 aliphatic heterocycles. The number of nitrogens with zero attached hydrogens (tertiary/aromatic N) is 5. The molecule has 7 nitrogen and oxygen atoms in total.